The molecule has 160 valence electrons. The van der Waals surface area contributed by atoms with Gasteiger partial charge in [-0.15, -0.1) is 0 Å². The Morgan fingerprint density at radius 1 is 0.931 bits per heavy atom. The second-order valence-electron chi connectivity index (χ2n) is 9.19. The molecule has 4 rings (SSSR count). The summed E-state index contributed by atoms with van der Waals surface area (Å²) in [7, 11) is 2.17. The molecule has 2 amide bonds. The van der Waals surface area contributed by atoms with Crippen LogP contribution in [0.3, 0.4) is 0 Å². The molecule has 0 bridgehead atoms. The van der Waals surface area contributed by atoms with Gasteiger partial charge in [-0.3, -0.25) is 0 Å². The quantitative estimate of drug-likeness (QED) is 0.816. The van der Waals surface area contributed by atoms with E-state index in [4.69, 9.17) is 0 Å². The number of piperazine rings is 1. The van der Waals surface area contributed by atoms with Crippen molar-refractivity contribution in [2.75, 3.05) is 56.5 Å². The minimum atomic E-state index is -0.0701. The molecule has 3 aliphatic rings. The topological polar surface area (TPSA) is 50.9 Å². The number of likely N-dealkylation sites (tertiary alicyclic amines) is 1. The fourth-order valence-corrected chi connectivity index (χ4v) is 5.11. The zero-order valence-corrected chi connectivity index (χ0v) is 18.1. The number of urea groups is 1. The highest BCUT2D eigenvalue weighted by Gasteiger charge is 2.27. The third-order valence-electron chi connectivity index (χ3n) is 6.89. The second-order valence-corrected chi connectivity index (χ2v) is 9.19. The van der Waals surface area contributed by atoms with Crippen LogP contribution in [0.1, 0.15) is 44.1 Å². The molecular weight excluding hydrogens is 362 g/mol. The van der Waals surface area contributed by atoms with E-state index in [1.807, 2.05) is 0 Å². The highest BCUT2D eigenvalue weighted by Crippen LogP contribution is 2.26. The van der Waals surface area contributed by atoms with Crippen LogP contribution in [-0.2, 0) is 0 Å². The maximum atomic E-state index is 12.6. The minimum Gasteiger partial charge on any atom is -0.369 e. The summed E-state index contributed by atoms with van der Waals surface area (Å²) in [6.45, 7) is 8.56. The first-order chi connectivity index (χ1) is 14.1. The van der Waals surface area contributed by atoms with Crippen LogP contribution in [-0.4, -0.2) is 74.2 Å². The number of carbonyl (C=O) groups is 1. The van der Waals surface area contributed by atoms with Gasteiger partial charge in [0.05, 0.1) is 0 Å². The average Bonchev–Trinajstić information content (AvgIpc) is 3.23. The highest BCUT2D eigenvalue weighted by atomic mass is 16.2. The summed E-state index contributed by atoms with van der Waals surface area (Å²) in [6, 6.07) is 7.40. The molecule has 1 aliphatic carbocycles. The number of aryl methyl sites for hydroxylation is 1. The van der Waals surface area contributed by atoms with Gasteiger partial charge in [-0.1, -0.05) is 12.8 Å². The van der Waals surface area contributed by atoms with Gasteiger partial charge >= 0.3 is 6.03 Å². The molecule has 0 aromatic heterocycles. The van der Waals surface area contributed by atoms with Gasteiger partial charge in [0.25, 0.3) is 0 Å². The van der Waals surface area contributed by atoms with E-state index in [-0.39, 0.29) is 12.1 Å². The number of hydrogen-bond acceptors (Lipinski definition) is 4. The Hall–Kier alpha value is -1.79. The summed E-state index contributed by atoms with van der Waals surface area (Å²) in [5.74, 6) is 0. The van der Waals surface area contributed by atoms with Gasteiger partial charge in [0, 0.05) is 62.7 Å². The molecule has 0 unspecified atom stereocenters. The number of hydrogen-bond donors (Lipinski definition) is 2. The third kappa shape index (κ3) is 5.43. The molecule has 29 heavy (non-hydrogen) atoms. The van der Waals surface area contributed by atoms with Crippen molar-refractivity contribution in [2.45, 2.75) is 57.5 Å². The van der Waals surface area contributed by atoms with Gasteiger partial charge in [-0.05, 0) is 63.4 Å². The van der Waals surface area contributed by atoms with Gasteiger partial charge < -0.3 is 25.3 Å². The van der Waals surface area contributed by atoms with E-state index < -0.39 is 0 Å². The molecule has 1 saturated carbocycles. The molecule has 0 spiro atoms. The van der Waals surface area contributed by atoms with Gasteiger partial charge in [0.2, 0.25) is 0 Å². The average molecular weight is 400 g/mol. The smallest absolute Gasteiger partial charge is 0.319 e. The molecule has 2 N–H and O–H groups in total. The predicted octanol–water partition coefficient (Wildman–Crippen LogP) is 3.28. The molecule has 2 aliphatic heterocycles. The fourth-order valence-electron chi connectivity index (χ4n) is 5.11. The Morgan fingerprint density at radius 3 is 2.31 bits per heavy atom. The van der Waals surface area contributed by atoms with Crippen molar-refractivity contribution in [3.63, 3.8) is 0 Å². The summed E-state index contributed by atoms with van der Waals surface area (Å²) < 4.78 is 0. The first-order valence-electron chi connectivity index (χ1n) is 11.4. The first kappa shape index (κ1) is 20.5. The summed E-state index contributed by atoms with van der Waals surface area (Å²) in [5.41, 5.74) is 3.28. The van der Waals surface area contributed by atoms with Crippen LogP contribution in [0.25, 0.3) is 0 Å². The Balaban J connectivity index is 1.28. The number of piperidine rings is 1. The Bertz CT molecular complexity index is 687. The lowest BCUT2D eigenvalue weighted by Gasteiger charge is -2.36. The van der Waals surface area contributed by atoms with E-state index >= 15 is 0 Å². The lowest BCUT2D eigenvalue weighted by atomic mass is 10.0. The minimum absolute atomic E-state index is 0.0701. The Morgan fingerprint density at radius 2 is 1.62 bits per heavy atom. The largest absolute Gasteiger partial charge is 0.369 e. The molecular formula is C23H37N5O. The number of anilines is 2. The number of likely N-dealkylation sites (N-methyl/N-ethyl adjacent to an activating group) is 1. The van der Waals surface area contributed by atoms with E-state index in [9.17, 15) is 4.79 Å². The second kappa shape index (κ2) is 9.35. The summed E-state index contributed by atoms with van der Waals surface area (Å²) >= 11 is 0. The van der Waals surface area contributed by atoms with Gasteiger partial charge in [-0.25, -0.2) is 4.79 Å². The molecule has 3 fully saturated rings. The van der Waals surface area contributed by atoms with Gasteiger partial charge in [0.1, 0.15) is 0 Å². The molecule has 2 saturated heterocycles. The normalized spacial score (nSPS) is 22.8. The monoisotopic (exact) mass is 399 g/mol. The van der Waals surface area contributed by atoms with Crippen LogP contribution in [0.15, 0.2) is 18.2 Å². The van der Waals surface area contributed by atoms with Gasteiger partial charge in [-0.2, -0.15) is 0 Å². The third-order valence-corrected chi connectivity index (χ3v) is 6.89. The maximum absolute atomic E-state index is 12.6. The first-order valence-corrected chi connectivity index (χ1v) is 11.4. The lowest BCUT2D eigenvalue weighted by molar-refractivity contribution is 0.147. The summed E-state index contributed by atoms with van der Waals surface area (Å²) in [5, 5.41) is 6.29. The molecule has 6 heteroatoms. The van der Waals surface area contributed by atoms with E-state index in [1.165, 1.54) is 36.9 Å². The molecule has 1 aromatic carbocycles. The van der Waals surface area contributed by atoms with Crippen LogP contribution in [0.4, 0.5) is 16.2 Å². The van der Waals surface area contributed by atoms with Crippen molar-refractivity contribution in [3.8, 4) is 0 Å². The molecule has 6 nitrogen and oxygen atoms in total. The number of nitrogens with zero attached hydrogens (tertiary/aromatic N) is 3. The van der Waals surface area contributed by atoms with E-state index in [1.54, 1.807) is 0 Å². The fraction of sp³-hybridized carbons (Fsp3) is 0.696. The van der Waals surface area contributed by atoms with Crippen LogP contribution < -0.4 is 15.5 Å². The highest BCUT2D eigenvalue weighted by molar-refractivity contribution is 5.90. The number of carbonyl (C=O) groups excluding carboxylic acids is 1. The van der Waals surface area contributed by atoms with E-state index in [0.717, 1.165) is 63.8 Å². The van der Waals surface area contributed by atoms with Crippen molar-refractivity contribution in [1.29, 1.82) is 0 Å². The zero-order chi connectivity index (χ0) is 20.2. The number of benzene rings is 1. The number of nitrogens with one attached hydrogen (secondary N) is 2. The van der Waals surface area contributed by atoms with Crippen molar-refractivity contribution >= 4 is 17.4 Å². The molecule has 2 heterocycles. The van der Waals surface area contributed by atoms with Crippen molar-refractivity contribution in [3.05, 3.63) is 23.8 Å². The molecule has 0 radical (unpaired) electrons. The standard InChI is InChI=1S/C23H37N5O/c1-18-15-20(17-22(16-18)28-13-11-26(2)12-14-28)25-23(29)24-19-7-9-27(10-8-19)21-5-3-4-6-21/h15-17,19,21H,3-14H2,1-2H3,(H2,24,25,29). The van der Waals surface area contributed by atoms with Crippen molar-refractivity contribution in [2.24, 2.45) is 0 Å². The SMILES string of the molecule is Cc1cc(NC(=O)NC2CCN(C3CCCC3)CC2)cc(N2CCN(C)CC2)c1. The van der Waals surface area contributed by atoms with Crippen molar-refractivity contribution < 1.29 is 4.79 Å². The van der Waals surface area contributed by atoms with E-state index in [0.29, 0.717) is 0 Å². The van der Waals surface area contributed by atoms with Crippen LogP contribution in [0, 0.1) is 6.92 Å². The van der Waals surface area contributed by atoms with Crippen molar-refractivity contribution in [1.82, 2.24) is 15.1 Å². The lowest BCUT2D eigenvalue weighted by Crippen LogP contribution is -2.48. The summed E-state index contributed by atoms with van der Waals surface area (Å²) in [4.78, 5) is 20.0. The number of amides is 2. The van der Waals surface area contributed by atoms with Crippen LogP contribution >= 0.6 is 0 Å². The summed E-state index contributed by atoms with van der Waals surface area (Å²) in [6.07, 6.45) is 7.62. The molecule has 1 aromatic rings. The van der Waals surface area contributed by atoms with Crippen LogP contribution in [0.5, 0.6) is 0 Å². The predicted molar refractivity (Wildman–Crippen MR) is 120 cm³/mol. The van der Waals surface area contributed by atoms with Gasteiger partial charge in [0.15, 0.2) is 0 Å². The Labute approximate surface area is 175 Å². The maximum Gasteiger partial charge on any atom is 0.319 e. The van der Waals surface area contributed by atoms with E-state index in [2.05, 4.69) is 57.5 Å². The Kier molecular flexibility index (Phi) is 6.60. The molecule has 0 atom stereocenters. The zero-order valence-electron chi connectivity index (χ0n) is 18.1. The van der Waals surface area contributed by atoms with Crippen LogP contribution in [0.2, 0.25) is 0 Å². The number of rotatable bonds is 4.